The Bertz CT molecular complexity index is 972. The van der Waals surface area contributed by atoms with Crippen LogP contribution in [0.15, 0.2) is 16.3 Å². The quantitative estimate of drug-likeness (QED) is 0.541. The minimum Gasteiger partial charge on any atom is -0.480 e. The van der Waals surface area contributed by atoms with Crippen molar-refractivity contribution in [2.75, 3.05) is 6.26 Å². The molecule has 0 spiro atoms. The van der Waals surface area contributed by atoms with Gasteiger partial charge in [-0.05, 0) is 26.8 Å². The summed E-state index contributed by atoms with van der Waals surface area (Å²) in [5, 5.41) is 13.0. The van der Waals surface area contributed by atoms with E-state index >= 15 is 0 Å². The van der Waals surface area contributed by atoms with Crippen LogP contribution in [-0.2, 0) is 24.2 Å². The number of thioether (sulfide) groups is 1. The first-order chi connectivity index (χ1) is 12.7. The summed E-state index contributed by atoms with van der Waals surface area (Å²) in [6.45, 7) is 5.04. The average Bonchev–Trinajstić information content (AvgIpc) is 3.15. The van der Waals surface area contributed by atoms with Crippen LogP contribution in [0.5, 0.6) is 0 Å². The summed E-state index contributed by atoms with van der Waals surface area (Å²) in [6, 6.07) is -0.785. The van der Waals surface area contributed by atoms with Gasteiger partial charge >= 0.3 is 5.97 Å². The summed E-state index contributed by atoms with van der Waals surface area (Å²) in [7, 11) is -3.41. The molecule has 154 valence electrons. The van der Waals surface area contributed by atoms with Gasteiger partial charge < -0.3 is 21.1 Å². The van der Waals surface area contributed by atoms with Gasteiger partial charge in [0.2, 0.25) is 5.91 Å². The zero-order valence-corrected chi connectivity index (χ0v) is 18.1. The Kier molecular flexibility index (Phi) is 4.85. The maximum atomic E-state index is 12.7. The molecule has 1 aromatic rings. The Hall–Kier alpha value is -1.63. The molecule has 3 heterocycles. The molecule has 2 aliphatic heterocycles. The number of hydrogen-bond acceptors (Lipinski definition) is 8. The van der Waals surface area contributed by atoms with Crippen molar-refractivity contribution in [1.29, 1.82) is 0 Å². The van der Waals surface area contributed by atoms with Crippen molar-refractivity contribution in [2.24, 2.45) is 5.73 Å². The van der Waals surface area contributed by atoms with E-state index in [0.717, 1.165) is 17.6 Å². The van der Waals surface area contributed by atoms with E-state index in [1.54, 1.807) is 20.8 Å². The second-order valence-corrected chi connectivity index (χ2v) is 12.3. The van der Waals surface area contributed by atoms with E-state index < -0.39 is 55.4 Å². The van der Waals surface area contributed by atoms with Crippen LogP contribution in [0.25, 0.3) is 0 Å². The first kappa shape index (κ1) is 21.1. The summed E-state index contributed by atoms with van der Waals surface area (Å²) < 4.78 is 22.5. The molecule has 9 nitrogen and oxygen atoms in total. The molecule has 4 atom stereocenters. The molecule has 28 heavy (non-hydrogen) atoms. The third kappa shape index (κ3) is 3.11. The monoisotopic (exact) mass is 447 g/mol. The predicted octanol–water partition coefficient (Wildman–Crippen LogP) is 0.173. The van der Waals surface area contributed by atoms with Gasteiger partial charge in [-0.3, -0.25) is 9.59 Å². The van der Waals surface area contributed by atoms with Gasteiger partial charge in [0.15, 0.2) is 9.84 Å². The maximum absolute atomic E-state index is 12.7. The third-order valence-corrected chi connectivity index (χ3v) is 9.02. The molecular weight excluding hydrogens is 426 g/mol. The van der Waals surface area contributed by atoms with Gasteiger partial charge in [-0.15, -0.1) is 23.1 Å². The summed E-state index contributed by atoms with van der Waals surface area (Å²) in [5.41, 5.74) is 4.69. The molecule has 0 bridgehead atoms. The lowest BCUT2D eigenvalue weighted by Crippen LogP contribution is -2.78. The number of aliphatic carboxylic acids is 1. The summed E-state index contributed by atoms with van der Waals surface area (Å²) in [6.07, 6.45) is 1.06. The minimum atomic E-state index is -3.41. The van der Waals surface area contributed by atoms with E-state index in [-0.39, 0.29) is 4.90 Å². The van der Waals surface area contributed by atoms with Crippen molar-refractivity contribution in [2.45, 2.75) is 53.4 Å². The van der Waals surface area contributed by atoms with Crippen molar-refractivity contribution >= 4 is 50.7 Å². The molecular formula is C16H21N3O6S3. The average molecular weight is 448 g/mol. The fraction of sp³-hybridized carbons (Fsp3) is 0.562. The molecule has 3 rings (SSSR count). The van der Waals surface area contributed by atoms with Crippen LogP contribution in [0.2, 0.25) is 0 Å². The third-order valence-electron chi connectivity index (χ3n) is 5.01. The molecule has 2 saturated heterocycles. The molecule has 2 amide bonds. The van der Waals surface area contributed by atoms with Crippen molar-refractivity contribution in [3.8, 4) is 0 Å². The van der Waals surface area contributed by atoms with E-state index in [1.165, 1.54) is 28.1 Å². The van der Waals surface area contributed by atoms with E-state index in [2.05, 4.69) is 5.32 Å². The van der Waals surface area contributed by atoms with Crippen molar-refractivity contribution in [3.05, 3.63) is 16.3 Å². The fourth-order valence-electron chi connectivity index (χ4n) is 3.49. The standard InChI is InChI=1S/C16H21N3O6S3/c1-15(2)10(12(21)22)19-13(23)16(3,14(19)27-15)18-11(20)9(17)8-5-7(6-26-8)28(4,24)25/h5-6,9-10,14H,17H2,1-4H3,(H,18,20)(H,21,22)/t9?,10-,14+,16?/m0/s1. The number of fused-ring (bicyclic) bond motifs is 1. The van der Waals surface area contributed by atoms with Gasteiger partial charge in [0, 0.05) is 21.3 Å². The normalized spacial score (nSPS) is 29.8. The van der Waals surface area contributed by atoms with E-state index in [1.807, 2.05) is 0 Å². The van der Waals surface area contributed by atoms with Gasteiger partial charge in [0.1, 0.15) is 23.0 Å². The number of carbonyl (C=O) groups is 3. The van der Waals surface area contributed by atoms with Crippen molar-refractivity contribution in [1.82, 2.24) is 10.2 Å². The number of amides is 2. The van der Waals surface area contributed by atoms with Gasteiger partial charge in [0.25, 0.3) is 5.91 Å². The first-order valence-corrected chi connectivity index (χ1v) is 11.9. The summed E-state index contributed by atoms with van der Waals surface area (Å²) in [4.78, 5) is 38.7. The molecule has 2 fully saturated rings. The Morgan fingerprint density at radius 1 is 1.36 bits per heavy atom. The Labute approximate surface area is 170 Å². The highest BCUT2D eigenvalue weighted by Gasteiger charge is 2.70. The van der Waals surface area contributed by atoms with E-state index in [9.17, 15) is 27.9 Å². The molecule has 0 aliphatic carbocycles. The fourth-order valence-corrected chi connectivity index (χ4v) is 7.17. The zero-order valence-electron chi connectivity index (χ0n) is 15.6. The number of nitrogens with zero attached hydrogens (tertiary/aromatic N) is 1. The van der Waals surface area contributed by atoms with Crippen molar-refractivity contribution in [3.63, 3.8) is 0 Å². The summed E-state index contributed by atoms with van der Waals surface area (Å²) >= 11 is 2.36. The second-order valence-electron chi connectivity index (χ2n) is 7.65. The maximum Gasteiger partial charge on any atom is 0.327 e. The van der Waals surface area contributed by atoms with E-state index in [4.69, 9.17) is 5.73 Å². The zero-order chi connectivity index (χ0) is 21.2. The number of sulfone groups is 1. The Morgan fingerprint density at radius 3 is 2.46 bits per heavy atom. The van der Waals surface area contributed by atoms with Gasteiger partial charge in [0.05, 0.1) is 4.90 Å². The number of nitrogens with one attached hydrogen (secondary N) is 1. The molecule has 1 aromatic heterocycles. The number of carboxylic acid groups (broad SMARTS) is 1. The van der Waals surface area contributed by atoms with Crippen LogP contribution in [0, 0.1) is 0 Å². The lowest BCUT2D eigenvalue weighted by molar-refractivity contribution is -0.168. The number of carbonyl (C=O) groups excluding carboxylic acids is 2. The first-order valence-electron chi connectivity index (χ1n) is 8.29. The molecule has 2 aliphatic rings. The van der Waals surface area contributed by atoms with Crippen LogP contribution >= 0.6 is 23.1 Å². The van der Waals surface area contributed by atoms with Crippen LogP contribution < -0.4 is 11.1 Å². The lowest BCUT2D eigenvalue weighted by Gasteiger charge is -2.51. The van der Waals surface area contributed by atoms with Crippen molar-refractivity contribution < 1.29 is 27.9 Å². The van der Waals surface area contributed by atoms with Crippen LogP contribution in [0.1, 0.15) is 31.7 Å². The van der Waals surface area contributed by atoms with E-state index in [0.29, 0.717) is 4.88 Å². The van der Waals surface area contributed by atoms with Gasteiger partial charge in [-0.1, -0.05) is 0 Å². The van der Waals surface area contributed by atoms with Crippen LogP contribution in [0.4, 0.5) is 0 Å². The molecule has 0 aromatic carbocycles. The Morgan fingerprint density at radius 2 is 1.96 bits per heavy atom. The highest BCUT2D eigenvalue weighted by Crippen LogP contribution is 2.54. The molecule has 4 N–H and O–H groups in total. The topological polar surface area (TPSA) is 147 Å². The molecule has 0 saturated carbocycles. The van der Waals surface area contributed by atoms with Crippen LogP contribution in [-0.4, -0.2) is 64.2 Å². The largest absolute Gasteiger partial charge is 0.480 e. The highest BCUT2D eigenvalue weighted by atomic mass is 32.2. The lowest BCUT2D eigenvalue weighted by atomic mass is 9.86. The second kappa shape index (κ2) is 6.44. The van der Waals surface area contributed by atoms with Gasteiger partial charge in [-0.2, -0.15) is 0 Å². The van der Waals surface area contributed by atoms with Gasteiger partial charge in [-0.25, -0.2) is 13.2 Å². The number of nitrogens with two attached hydrogens (primary N) is 1. The SMILES string of the molecule is CC1(C)S[C@H]2N(C(=O)C2(C)NC(=O)C(N)c2cc(S(C)(=O)=O)cs2)[C@H]1C(=O)O. The number of β-lactam (4-membered cyclic amide) rings is 1. The Balaban J connectivity index is 1.78. The number of carboxylic acids is 1. The summed E-state index contributed by atoms with van der Waals surface area (Å²) in [5.74, 6) is -2.20. The number of hydrogen-bond donors (Lipinski definition) is 3. The minimum absolute atomic E-state index is 0.0743. The smallest absolute Gasteiger partial charge is 0.327 e. The predicted molar refractivity (Wildman–Crippen MR) is 105 cm³/mol. The highest BCUT2D eigenvalue weighted by molar-refractivity contribution is 8.01. The van der Waals surface area contributed by atoms with Crippen LogP contribution in [0.3, 0.4) is 0 Å². The number of thiophene rings is 1. The number of rotatable bonds is 5. The molecule has 2 unspecified atom stereocenters. The molecule has 12 heteroatoms. The molecule has 0 radical (unpaired) electrons.